The van der Waals surface area contributed by atoms with Gasteiger partial charge in [0.25, 0.3) is 0 Å². The van der Waals surface area contributed by atoms with Gasteiger partial charge in [0.15, 0.2) is 0 Å². The number of carbonyl (C=O) groups is 1. The number of aryl methyl sites for hydroxylation is 1. The number of rotatable bonds is 9. The van der Waals surface area contributed by atoms with E-state index in [0.717, 1.165) is 17.5 Å². The second-order valence-electron chi connectivity index (χ2n) is 8.98. The smallest absolute Gasteiger partial charge is 0.247 e. The second kappa shape index (κ2) is 10.7. The van der Waals surface area contributed by atoms with Crippen LogP contribution in [0.4, 0.5) is 27.4 Å². The Morgan fingerprint density at radius 2 is 1.97 bits per heavy atom. The number of halogens is 1. The number of aromatic hydroxyl groups is 1. The van der Waals surface area contributed by atoms with Gasteiger partial charge in [-0.05, 0) is 38.4 Å². The molecule has 2 aromatic heterocycles. The molecule has 1 amide bonds. The summed E-state index contributed by atoms with van der Waals surface area (Å²) in [6.07, 6.45) is 4.59. The second-order valence-corrected chi connectivity index (χ2v) is 8.98. The number of fused-ring (bicyclic) bond motifs is 1. The summed E-state index contributed by atoms with van der Waals surface area (Å²) in [7, 11) is 7.61. The van der Waals surface area contributed by atoms with Gasteiger partial charge in [0, 0.05) is 56.6 Å². The van der Waals surface area contributed by atoms with Gasteiger partial charge in [-0.2, -0.15) is 0 Å². The van der Waals surface area contributed by atoms with Crippen molar-refractivity contribution in [1.82, 2.24) is 19.4 Å². The van der Waals surface area contributed by atoms with Crippen LogP contribution in [-0.2, 0) is 11.8 Å². The minimum atomic E-state index is -0.375. The van der Waals surface area contributed by atoms with Crippen LogP contribution in [0.5, 0.6) is 5.75 Å². The molecule has 2 heterocycles. The molecule has 0 saturated heterocycles. The van der Waals surface area contributed by atoms with Crippen molar-refractivity contribution < 1.29 is 14.3 Å². The fourth-order valence-electron chi connectivity index (χ4n) is 4.06. The van der Waals surface area contributed by atoms with E-state index in [1.165, 1.54) is 12.1 Å². The Kier molecular flexibility index (Phi) is 7.40. The van der Waals surface area contributed by atoms with E-state index in [1.807, 2.05) is 43.2 Å². The van der Waals surface area contributed by atoms with Gasteiger partial charge >= 0.3 is 0 Å². The highest BCUT2D eigenvalue weighted by Crippen LogP contribution is 2.37. The topological polar surface area (TPSA) is 98.5 Å². The molecule has 10 heteroatoms. The molecule has 0 aliphatic carbocycles. The molecule has 0 atom stereocenters. The molecule has 9 nitrogen and oxygen atoms in total. The van der Waals surface area contributed by atoms with Crippen molar-refractivity contribution in [2.24, 2.45) is 7.05 Å². The zero-order chi connectivity index (χ0) is 26.7. The predicted octanol–water partition coefficient (Wildman–Crippen LogP) is 4.35. The average molecular weight is 504 g/mol. The number of amides is 1. The van der Waals surface area contributed by atoms with Crippen LogP contribution in [0, 0.1) is 5.82 Å². The highest BCUT2D eigenvalue weighted by Gasteiger charge is 2.17. The Morgan fingerprint density at radius 1 is 1.19 bits per heavy atom. The first-order valence-electron chi connectivity index (χ1n) is 11.7. The number of carbonyl (C=O) groups excluding carboxylic acids is 1. The zero-order valence-electron chi connectivity index (χ0n) is 21.3. The van der Waals surface area contributed by atoms with Crippen molar-refractivity contribution in [3.8, 4) is 17.0 Å². The molecule has 192 valence electrons. The van der Waals surface area contributed by atoms with Crippen molar-refractivity contribution in [1.29, 1.82) is 0 Å². The van der Waals surface area contributed by atoms with E-state index < -0.39 is 0 Å². The average Bonchev–Trinajstić information content (AvgIpc) is 3.22. The predicted molar refractivity (Wildman–Crippen MR) is 146 cm³/mol. The van der Waals surface area contributed by atoms with Gasteiger partial charge in [0.1, 0.15) is 11.6 Å². The minimum absolute atomic E-state index is 0.0375. The maximum atomic E-state index is 14.4. The third kappa shape index (κ3) is 5.54. The summed E-state index contributed by atoms with van der Waals surface area (Å²) in [5.41, 5.74) is 3.28. The zero-order valence-corrected chi connectivity index (χ0v) is 21.3. The van der Waals surface area contributed by atoms with Crippen molar-refractivity contribution in [2.75, 3.05) is 49.8 Å². The normalized spacial score (nSPS) is 11.1. The minimum Gasteiger partial charge on any atom is -0.506 e. The number of anilines is 4. The molecular weight excluding hydrogens is 473 g/mol. The molecule has 0 bridgehead atoms. The van der Waals surface area contributed by atoms with E-state index in [9.17, 15) is 14.3 Å². The maximum absolute atomic E-state index is 14.4. The highest BCUT2D eigenvalue weighted by molar-refractivity contribution is 6.02. The van der Waals surface area contributed by atoms with E-state index in [1.54, 1.807) is 42.1 Å². The van der Waals surface area contributed by atoms with Crippen LogP contribution >= 0.6 is 0 Å². The lowest BCUT2D eigenvalue weighted by Gasteiger charge is -2.25. The highest BCUT2D eigenvalue weighted by atomic mass is 19.1. The number of para-hydroxylation sites is 1. The fourth-order valence-corrected chi connectivity index (χ4v) is 4.06. The van der Waals surface area contributed by atoms with Crippen molar-refractivity contribution in [2.45, 2.75) is 0 Å². The molecule has 4 aromatic rings. The Balaban J connectivity index is 1.69. The van der Waals surface area contributed by atoms with E-state index >= 15 is 0 Å². The first-order valence-corrected chi connectivity index (χ1v) is 11.7. The van der Waals surface area contributed by atoms with Gasteiger partial charge in [-0.15, -0.1) is 0 Å². The Labute approximate surface area is 214 Å². The fraction of sp³-hybridized carbons (Fsp3) is 0.222. The molecule has 0 unspecified atom stereocenters. The summed E-state index contributed by atoms with van der Waals surface area (Å²) >= 11 is 0. The molecular formula is C27H30FN7O2. The van der Waals surface area contributed by atoms with E-state index in [4.69, 9.17) is 0 Å². The lowest BCUT2D eigenvalue weighted by molar-refractivity contribution is -0.111. The summed E-state index contributed by atoms with van der Waals surface area (Å²) in [5.74, 6) is -0.492. The Morgan fingerprint density at radius 3 is 2.70 bits per heavy atom. The Hall–Kier alpha value is -4.44. The molecule has 4 rings (SSSR count). The van der Waals surface area contributed by atoms with Crippen molar-refractivity contribution >= 4 is 39.8 Å². The van der Waals surface area contributed by atoms with Gasteiger partial charge in [0.05, 0.1) is 28.3 Å². The number of nitrogens with zero attached hydrogens (tertiary/aromatic N) is 5. The number of hydrogen-bond acceptors (Lipinski definition) is 7. The largest absolute Gasteiger partial charge is 0.506 e. The monoisotopic (exact) mass is 503 g/mol. The number of likely N-dealkylation sites (N-methyl/N-ethyl adjacent to an activating group) is 2. The standard InChI is InChI=1S/C27H30FN7O2/c1-6-25(37)30-21-14-22(24(36)15-23(21)34(4)13-12-33(2)3)32-27-29-11-10-20(31-27)18-16-35(5)26-17(18)8-7-9-19(26)28/h6-11,14-16,36H,1,12-13H2,2-5H3,(H,30,37)(H,29,31,32). The number of phenolic OH excluding ortho intramolecular Hbond substituents is 1. The first-order chi connectivity index (χ1) is 17.7. The van der Waals surface area contributed by atoms with Gasteiger partial charge in [-0.1, -0.05) is 18.7 Å². The molecule has 0 spiro atoms. The van der Waals surface area contributed by atoms with E-state index in [2.05, 4.69) is 27.2 Å². The number of benzene rings is 2. The number of aromatic nitrogens is 3. The molecule has 37 heavy (non-hydrogen) atoms. The van der Waals surface area contributed by atoms with Gasteiger partial charge in [0.2, 0.25) is 11.9 Å². The summed E-state index contributed by atoms with van der Waals surface area (Å²) in [6.45, 7) is 4.98. The molecule has 3 N–H and O–H groups in total. The van der Waals surface area contributed by atoms with Crippen LogP contribution in [0.3, 0.4) is 0 Å². The van der Waals surface area contributed by atoms with Crippen LogP contribution in [0.25, 0.3) is 22.2 Å². The molecule has 0 radical (unpaired) electrons. The number of hydrogen-bond donors (Lipinski definition) is 3. The van der Waals surface area contributed by atoms with Crippen LogP contribution in [-0.4, -0.2) is 64.7 Å². The van der Waals surface area contributed by atoms with Gasteiger partial charge in [-0.3, -0.25) is 4.79 Å². The van der Waals surface area contributed by atoms with Crippen LogP contribution in [0.2, 0.25) is 0 Å². The summed E-state index contributed by atoms with van der Waals surface area (Å²) < 4.78 is 16.1. The SMILES string of the molecule is C=CC(=O)Nc1cc(Nc2nccc(-c3cn(C)c4c(F)cccc34)n2)c(O)cc1N(C)CCN(C)C. The van der Waals surface area contributed by atoms with E-state index in [0.29, 0.717) is 34.8 Å². The Bertz CT molecular complexity index is 1460. The summed E-state index contributed by atoms with van der Waals surface area (Å²) in [6, 6.07) is 9.87. The molecule has 0 aliphatic heterocycles. The summed E-state index contributed by atoms with van der Waals surface area (Å²) in [5, 5.41) is 17.4. The van der Waals surface area contributed by atoms with E-state index in [-0.39, 0.29) is 23.4 Å². The third-order valence-electron chi connectivity index (χ3n) is 5.98. The molecule has 0 saturated carbocycles. The van der Waals surface area contributed by atoms with Crippen LogP contribution in [0.15, 0.2) is 61.4 Å². The maximum Gasteiger partial charge on any atom is 0.247 e. The summed E-state index contributed by atoms with van der Waals surface area (Å²) in [4.78, 5) is 25.0. The quantitative estimate of drug-likeness (QED) is 0.177. The molecule has 2 aromatic carbocycles. The van der Waals surface area contributed by atoms with Crippen molar-refractivity contribution in [3.05, 3.63) is 67.3 Å². The van der Waals surface area contributed by atoms with Gasteiger partial charge in [-0.25, -0.2) is 14.4 Å². The van der Waals surface area contributed by atoms with Crippen molar-refractivity contribution in [3.63, 3.8) is 0 Å². The van der Waals surface area contributed by atoms with Gasteiger partial charge < -0.3 is 30.1 Å². The van der Waals surface area contributed by atoms with Crippen LogP contribution in [0.1, 0.15) is 0 Å². The first kappa shape index (κ1) is 25.6. The third-order valence-corrected chi connectivity index (χ3v) is 5.98. The lowest BCUT2D eigenvalue weighted by Crippen LogP contribution is -2.29. The lowest BCUT2D eigenvalue weighted by atomic mass is 10.1. The number of nitrogens with one attached hydrogen (secondary N) is 2. The molecule has 0 aliphatic rings. The number of phenols is 1. The van der Waals surface area contributed by atoms with Crippen LogP contribution < -0.4 is 15.5 Å². The molecule has 0 fully saturated rings.